The summed E-state index contributed by atoms with van der Waals surface area (Å²) in [5.74, 6) is 1.54. The van der Waals surface area contributed by atoms with Crippen molar-refractivity contribution in [2.24, 2.45) is 0 Å². The largest absolute Gasteiger partial charge is 0.460 e. The van der Waals surface area contributed by atoms with Crippen LogP contribution >= 0.6 is 0 Å². The van der Waals surface area contributed by atoms with Crippen molar-refractivity contribution in [1.29, 1.82) is 0 Å². The summed E-state index contributed by atoms with van der Waals surface area (Å²) in [5, 5.41) is 10.5. The summed E-state index contributed by atoms with van der Waals surface area (Å²) in [7, 11) is 1.51. The molecule has 0 amide bonds. The molecule has 0 unspecified atom stereocenters. The van der Waals surface area contributed by atoms with E-state index in [1.165, 1.54) is 18.0 Å². The molecule has 156 valence electrons. The first-order chi connectivity index (χ1) is 13.9. The number of aliphatic hydroxyl groups excluding tert-OH is 1. The highest BCUT2D eigenvalue weighted by Gasteiger charge is 2.49. The average molecular weight is 409 g/mol. The van der Waals surface area contributed by atoms with Gasteiger partial charge in [0.05, 0.1) is 19.5 Å². The second kappa shape index (κ2) is 8.66. The lowest BCUT2D eigenvalue weighted by Gasteiger charge is -2.26. The Kier molecular flexibility index (Phi) is 6.23. The number of rotatable bonds is 8. The van der Waals surface area contributed by atoms with Crippen molar-refractivity contribution in [3.8, 4) is 12.3 Å². The summed E-state index contributed by atoms with van der Waals surface area (Å²) < 4.78 is 35.7. The van der Waals surface area contributed by atoms with Gasteiger partial charge in [0.25, 0.3) is 0 Å². The molecular weight excluding hydrogens is 389 g/mol. The topological polar surface area (TPSA) is 144 Å². The molecule has 1 fully saturated rings. The Morgan fingerprint density at radius 3 is 3.07 bits per heavy atom. The second-order valence-electron chi connectivity index (χ2n) is 6.27. The van der Waals surface area contributed by atoms with Gasteiger partial charge in [-0.1, -0.05) is 5.92 Å². The number of imidazole rings is 1. The van der Waals surface area contributed by atoms with Gasteiger partial charge in [-0.25, -0.2) is 9.78 Å². The van der Waals surface area contributed by atoms with Crippen molar-refractivity contribution >= 4 is 23.0 Å². The minimum atomic E-state index is -1.60. The molecule has 0 aromatic carbocycles. The number of halogens is 1. The van der Waals surface area contributed by atoms with Crippen LogP contribution in [0.3, 0.4) is 0 Å². The van der Waals surface area contributed by atoms with Crippen LogP contribution in [0.15, 0.2) is 6.33 Å². The van der Waals surface area contributed by atoms with Crippen molar-refractivity contribution in [3.05, 3.63) is 12.4 Å². The highest BCUT2D eigenvalue weighted by Crippen LogP contribution is 2.38. The first-order valence-electron chi connectivity index (χ1n) is 8.61. The maximum atomic E-state index is 13.6. The van der Waals surface area contributed by atoms with Gasteiger partial charge < -0.3 is 29.8 Å². The lowest BCUT2D eigenvalue weighted by molar-refractivity contribution is -0.161. The number of carbonyl (C=O) groups is 1. The lowest BCUT2D eigenvalue weighted by Crippen LogP contribution is -2.43. The minimum absolute atomic E-state index is 0.0308. The molecule has 0 saturated carbocycles. The number of hydrogen-bond donors (Lipinski definition) is 2. The number of esters is 1. The molecule has 0 bridgehead atoms. The van der Waals surface area contributed by atoms with Gasteiger partial charge in [-0.05, 0) is 0 Å². The fourth-order valence-electron chi connectivity index (χ4n) is 2.87. The molecule has 0 spiro atoms. The molecule has 12 heteroatoms. The SMILES string of the molecule is C#C[C@]1(COC(=O)COCCOC)O[C@@H](n2cnc3c(N)nc(F)nc32)C[C@@H]1O. The Bertz CT molecular complexity index is 931. The molecule has 11 nitrogen and oxygen atoms in total. The van der Waals surface area contributed by atoms with E-state index < -0.39 is 36.6 Å². The Morgan fingerprint density at radius 2 is 2.34 bits per heavy atom. The molecule has 0 radical (unpaired) electrons. The molecule has 1 saturated heterocycles. The zero-order valence-corrected chi connectivity index (χ0v) is 15.6. The number of ether oxygens (including phenoxy) is 4. The van der Waals surface area contributed by atoms with Gasteiger partial charge in [-0.2, -0.15) is 14.4 Å². The zero-order valence-electron chi connectivity index (χ0n) is 15.6. The van der Waals surface area contributed by atoms with Crippen LogP contribution in [0.2, 0.25) is 0 Å². The molecular formula is C17H20FN5O6. The summed E-state index contributed by atoms with van der Waals surface area (Å²) in [6.07, 6.45) is 3.89. The van der Waals surface area contributed by atoms with Crippen LogP contribution in [-0.2, 0) is 23.7 Å². The standard InChI is InChI=1S/C17H20FN5O6/c1-3-17(8-28-12(25)7-27-5-4-26-2)10(24)6-11(29-17)23-9-20-13-14(19)21-16(18)22-15(13)23/h1,9-11,24H,4-8H2,2H3,(H2,19,21,22)/t10-,11+,17+/m0/s1. The number of nitrogens with zero attached hydrogens (tertiary/aromatic N) is 4. The number of anilines is 1. The molecule has 3 atom stereocenters. The molecule has 1 aliphatic rings. The summed E-state index contributed by atoms with van der Waals surface area (Å²) in [5.41, 5.74) is 4.32. The van der Waals surface area contributed by atoms with Crippen LogP contribution in [0.1, 0.15) is 12.6 Å². The number of aliphatic hydroxyl groups is 1. The summed E-state index contributed by atoms with van der Waals surface area (Å²) in [6.45, 7) is -0.141. The van der Waals surface area contributed by atoms with Crippen molar-refractivity contribution < 1.29 is 33.2 Å². The van der Waals surface area contributed by atoms with E-state index in [1.54, 1.807) is 0 Å². The normalized spacial score (nSPS) is 23.9. The van der Waals surface area contributed by atoms with Crippen LogP contribution in [0.5, 0.6) is 0 Å². The molecule has 3 N–H and O–H groups in total. The highest BCUT2D eigenvalue weighted by atomic mass is 19.1. The van der Waals surface area contributed by atoms with Gasteiger partial charge in [0.2, 0.25) is 0 Å². The smallest absolute Gasteiger partial charge is 0.332 e. The van der Waals surface area contributed by atoms with E-state index >= 15 is 0 Å². The molecule has 2 aromatic rings. The van der Waals surface area contributed by atoms with E-state index in [0.29, 0.717) is 6.61 Å². The van der Waals surface area contributed by atoms with Crippen LogP contribution in [-0.4, -0.2) is 75.8 Å². The monoisotopic (exact) mass is 409 g/mol. The highest BCUT2D eigenvalue weighted by molar-refractivity contribution is 5.81. The summed E-state index contributed by atoms with van der Waals surface area (Å²) in [4.78, 5) is 22.9. The van der Waals surface area contributed by atoms with E-state index in [2.05, 4.69) is 20.9 Å². The van der Waals surface area contributed by atoms with Gasteiger partial charge >= 0.3 is 12.0 Å². The lowest BCUT2D eigenvalue weighted by atomic mass is 9.99. The predicted octanol–water partition coefficient (Wildman–Crippen LogP) is -0.594. The third-order valence-electron chi connectivity index (χ3n) is 4.38. The van der Waals surface area contributed by atoms with Crippen molar-refractivity contribution in [1.82, 2.24) is 19.5 Å². The quantitative estimate of drug-likeness (QED) is 0.251. The van der Waals surface area contributed by atoms with Gasteiger partial charge in [-0.3, -0.25) is 4.57 Å². The Morgan fingerprint density at radius 1 is 1.55 bits per heavy atom. The number of nitrogen functional groups attached to an aromatic ring is 1. The third kappa shape index (κ3) is 4.28. The number of aromatic nitrogens is 4. The molecule has 3 heterocycles. The van der Waals surface area contributed by atoms with Crippen LogP contribution in [0, 0.1) is 18.4 Å². The van der Waals surface area contributed by atoms with E-state index in [1.807, 2.05) is 0 Å². The number of hydrogen-bond acceptors (Lipinski definition) is 10. The predicted molar refractivity (Wildman–Crippen MR) is 95.7 cm³/mol. The number of methoxy groups -OCH3 is 1. The van der Waals surface area contributed by atoms with E-state index in [0.717, 1.165) is 0 Å². The van der Waals surface area contributed by atoms with Crippen molar-refractivity contribution in [3.63, 3.8) is 0 Å². The Hall–Kier alpha value is -2.85. The van der Waals surface area contributed by atoms with Crippen LogP contribution in [0.25, 0.3) is 11.2 Å². The molecule has 29 heavy (non-hydrogen) atoms. The van der Waals surface area contributed by atoms with E-state index in [4.69, 9.17) is 31.1 Å². The van der Waals surface area contributed by atoms with Gasteiger partial charge in [-0.15, -0.1) is 6.42 Å². The first-order valence-corrected chi connectivity index (χ1v) is 8.61. The summed E-state index contributed by atoms with van der Waals surface area (Å²) in [6, 6.07) is 0. The molecule has 3 rings (SSSR count). The van der Waals surface area contributed by atoms with E-state index in [-0.39, 0.29) is 36.6 Å². The number of fused-ring (bicyclic) bond motifs is 1. The maximum Gasteiger partial charge on any atom is 0.332 e. The van der Waals surface area contributed by atoms with Gasteiger partial charge in [0.1, 0.15) is 25.5 Å². The Balaban J connectivity index is 1.70. The number of carbonyl (C=O) groups excluding carboxylic acids is 1. The van der Waals surface area contributed by atoms with Gasteiger partial charge in [0, 0.05) is 13.5 Å². The van der Waals surface area contributed by atoms with E-state index in [9.17, 15) is 14.3 Å². The summed E-state index contributed by atoms with van der Waals surface area (Å²) >= 11 is 0. The van der Waals surface area contributed by atoms with Crippen molar-refractivity contribution in [2.75, 3.05) is 39.3 Å². The second-order valence-corrected chi connectivity index (χ2v) is 6.27. The third-order valence-corrected chi connectivity index (χ3v) is 4.38. The maximum absolute atomic E-state index is 13.6. The first kappa shape index (κ1) is 20.9. The minimum Gasteiger partial charge on any atom is -0.460 e. The molecule has 0 aliphatic carbocycles. The van der Waals surface area contributed by atoms with Crippen LogP contribution in [0.4, 0.5) is 10.2 Å². The van der Waals surface area contributed by atoms with Crippen LogP contribution < -0.4 is 5.73 Å². The molecule has 1 aliphatic heterocycles. The molecule has 2 aromatic heterocycles. The fourth-order valence-corrected chi connectivity index (χ4v) is 2.87. The van der Waals surface area contributed by atoms with Crippen molar-refractivity contribution in [2.45, 2.75) is 24.4 Å². The van der Waals surface area contributed by atoms with Gasteiger partial charge in [0.15, 0.2) is 22.6 Å². The zero-order chi connectivity index (χ0) is 21.0. The number of nitrogens with two attached hydrogens (primary N) is 1. The Labute approximate surface area is 164 Å². The number of terminal acetylenes is 1. The average Bonchev–Trinajstić information content (AvgIpc) is 3.25. The fraction of sp³-hybridized carbons (Fsp3) is 0.529.